The van der Waals surface area contributed by atoms with Gasteiger partial charge in [-0.25, -0.2) is 9.67 Å². The fourth-order valence-corrected chi connectivity index (χ4v) is 3.16. The molecule has 0 aliphatic heterocycles. The zero-order valence-corrected chi connectivity index (χ0v) is 12.5. The van der Waals surface area contributed by atoms with E-state index in [1.165, 1.54) is 12.8 Å². The van der Waals surface area contributed by atoms with E-state index in [-0.39, 0.29) is 11.2 Å². The second kappa shape index (κ2) is 6.97. The van der Waals surface area contributed by atoms with Gasteiger partial charge in [-0.1, -0.05) is 32.6 Å². The average Bonchev–Trinajstić information content (AvgIpc) is 2.75. The average molecular weight is 278 g/mol. The molecule has 0 unspecified atom stereocenters. The van der Waals surface area contributed by atoms with Crippen molar-refractivity contribution in [2.45, 2.75) is 64.8 Å². The first-order chi connectivity index (χ1) is 9.72. The number of hydrogen-bond acceptors (Lipinski definition) is 4. The molecule has 2 rings (SSSR count). The lowest BCUT2D eigenvalue weighted by Gasteiger charge is -2.29. The van der Waals surface area contributed by atoms with Gasteiger partial charge in [0.25, 0.3) is 0 Å². The van der Waals surface area contributed by atoms with Gasteiger partial charge >= 0.3 is 0 Å². The second-order valence-corrected chi connectivity index (χ2v) is 5.90. The van der Waals surface area contributed by atoms with Crippen LogP contribution in [0.1, 0.15) is 57.7 Å². The van der Waals surface area contributed by atoms with E-state index in [0.717, 1.165) is 44.5 Å². The van der Waals surface area contributed by atoms with Gasteiger partial charge in [0.05, 0.1) is 6.42 Å². The van der Waals surface area contributed by atoms with Crippen molar-refractivity contribution >= 4 is 5.78 Å². The topological polar surface area (TPSA) is 73.8 Å². The van der Waals surface area contributed by atoms with Gasteiger partial charge in [0.1, 0.15) is 17.9 Å². The summed E-state index contributed by atoms with van der Waals surface area (Å²) in [6.45, 7) is 3.38. The number of rotatable bonds is 6. The molecular weight excluding hydrogens is 252 g/mol. The quantitative estimate of drug-likeness (QED) is 0.809. The normalized spacial score (nSPS) is 18.7. The van der Waals surface area contributed by atoms with Crippen LogP contribution >= 0.6 is 0 Å². The van der Waals surface area contributed by atoms with Crippen molar-refractivity contribution in [1.29, 1.82) is 0 Å². The highest BCUT2D eigenvalue weighted by atomic mass is 16.1. The van der Waals surface area contributed by atoms with Crippen LogP contribution in [0.15, 0.2) is 6.33 Å². The van der Waals surface area contributed by atoms with Crippen LogP contribution in [0.4, 0.5) is 0 Å². The van der Waals surface area contributed by atoms with Crippen LogP contribution in [0.3, 0.4) is 0 Å². The first-order valence-electron chi connectivity index (χ1n) is 7.82. The number of aryl methyl sites for hydroxylation is 1. The summed E-state index contributed by atoms with van der Waals surface area (Å²) in [5.74, 6) is 1.04. The van der Waals surface area contributed by atoms with E-state index >= 15 is 0 Å². The fourth-order valence-electron chi connectivity index (χ4n) is 3.16. The summed E-state index contributed by atoms with van der Waals surface area (Å²) in [6.07, 6.45) is 9.45. The molecule has 0 aromatic carbocycles. The Morgan fingerprint density at radius 2 is 2.05 bits per heavy atom. The smallest absolute Gasteiger partial charge is 0.147 e. The molecule has 0 spiro atoms. The Bertz CT molecular complexity index is 433. The number of hydrogen-bond donors (Lipinski definition) is 1. The predicted molar refractivity (Wildman–Crippen MR) is 78.2 cm³/mol. The summed E-state index contributed by atoms with van der Waals surface area (Å²) in [5.41, 5.74) is 5.65. The van der Waals surface area contributed by atoms with Crippen LogP contribution in [0.5, 0.6) is 0 Å². The fraction of sp³-hybridized carbons (Fsp3) is 0.800. The molecular formula is C15H26N4O. The molecule has 0 radical (unpaired) electrons. The number of nitrogens with two attached hydrogens (primary N) is 1. The maximum Gasteiger partial charge on any atom is 0.147 e. The van der Waals surface area contributed by atoms with Gasteiger partial charge < -0.3 is 5.73 Å². The highest BCUT2D eigenvalue weighted by Crippen LogP contribution is 2.35. The minimum atomic E-state index is -0.320. The van der Waals surface area contributed by atoms with Crippen molar-refractivity contribution in [3.8, 4) is 0 Å². The summed E-state index contributed by atoms with van der Waals surface area (Å²) < 4.78 is 1.85. The summed E-state index contributed by atoms with van der Waals surface area (Å²) in [4.78, 5) is 17.0. The number of nitrogens with zero attached hydrogens (tertiary/aromatic N) is 3. The van der Waals surface area contributed by atoms with Crippen LogP contribution in [-0.4, -0.2) is 27.1 Å². The van der Waals surface area contributed by atoms with Crippen molar-refractivity contribution < 1.29 is 4.79 Å². The number of carbonyl (C=O) groups excluding carboxylic acids is 1. The Morgan fingerprint density at radius 1 is 1.35 bits per heavy atom. The van der Waals surface area contributed by atoms with Crippen molar-refractivity contribution in [1.82, 2.24) is 14.8 Å². The lowest BCUT2D eigenvalue weighted by Crippen LogP contribution is -2.39. The molecule has 0 amide bonds. The molecule has 112 valence electrons. The third-order valence-electron chi connectivity index (χ3n) is 4.49. The molecule has 1 fully saturated rings. The van der Waals surface area contributed by atoms with Crippen LogP contribution in [-0.2, 0) is 17.8 Å². The van der Waals surface area contributed by atoms with Crippen molar-refractivity contribution in [3.05, 3.63) is 12.2 Å². The van der Waals surface area contributed by atoms with Gasteiger partial charge in [-0.05, 0) is 19.3 Å². The molecule has 20 heavy (non-hydrogen) atoms. The second-order valence-electron chi connectivity index (χ2n) is 5.90. The van der Waals surface area contributed by atoms with Gasteiger partial charge in [-0.2, -0.15) is 5.10 Å². The van der Waals surface area contributed by atoms with E-state index in [4.69, 9.17) is 5.73 Å². The van der Waals surface area contributed by atoms with E-state index in [1.807, 2.05) is 4.68 Å². The largest absolute Gasteiger partial charge is 0.329 e. The van der Waals surface area contributed by atoms with Crippen molar-refractivity contribution in [2.75, 3.05) is 6.54 Å². The van der Waals surface area contributed by atoms with Gasteiger partial charge in [0.15, 0.2) is 0 Å². The van der Waals surface area contributed by atoms with E-state index in [2.05, 4.69) is 17.0 Å². The predicted octanol–water partition coefficient (Wildman–Crippen LogP) is 2.10. The van der Waals surface area contributed by atoms with Crippen molar-refractivity contribution in [2.24, 2.45) is 11.1 Å². The van der Waals surface area contributed by atoms with Gasteiger partial charge in [-0.15, -0.1) is 0 Å². The van der Waals surface area contributed by atoms with Crippen LogP contribution in [0.25, 0.3) is 0 Å². The van der Waals surface area contributed by atoms with Crippen molar-refractivity contribution in [3.63, 3.8) is 0 Å². The minimum absolute atomic E-state index is 0.257. The van der Waals surface area contributed by atoms with Crippen LogP contribution in [0.2, 0.25) is 0 Å². The molecule has 1 aromatic rings. The number of aromatic nitrogens is 3. The SMILES string of the molecule is CCCn1ncnc1CC(=O)C1(CN)CCCCCC1. The Kier molecular flexibility index (Phi) is 5.29. The summed E-state index contributed by atoms with van der Waals surface area (Å²) in [5, 5.41) is 4.19. The number of carbonyl (C=O) groups is 1. The number of ketones is 1. The standard InChI is InChI=1S/C15H26N4O/c1-2-9-19-14(17-12-18-19)10-13(20)15(11-16)7-5-3-4-6-8-15/h12H,2-11,16H2,1H3. The van der Waals surface area contributed by atoms with E-state index in [0.29, 0.717) is 13.0 Å². The van der Waals surface area contributed by atoms with Crippen LogP contribution in [0, 0.1) is 5.41 Å². The molecule has 0 saturated heterocycles. The lowest BCUT2D eigenvalue weighted by atomic mass is 9.75. The molecule has 1 heterocycles. The Labute approximate surface area is 120 Å². The molecule has 2 N–H and O–H groups in total. The summed E-state index contributed by atoms with van der Waals surface area (Å²) >= 11 is 0. The van der Waals surface area contributed by atoms with E-state index in [9.17, 15) is 4.79 Å². The Balaban J connectivity index is 2.10. The number of Topliss-reactive ketones (excluding diaryl/α,β-unsaturated/α-hetero) is 1. The third kappa shape index (κ3) is 3.26. The minimum Gasteiger partial charge on any atom is -0.329 e. The monoisotopic (exact) mass is 278 g/mol. The molecule has 5 heteroatoms. The molecule has 5 nitrogen and oxygen atoms in total. The zero-order valence-electron chi connectivity index (χ0n) is 12.5. The third-order valence-corrected chi connectivity index (χ3v) is 4.49. The molecule has 1 saturated carbocycles. The van der Waals surface area contributed by atoms with Gasteiger partial charge in [0, 0.05) is 18.5 Å². The molecule has 0 atom stereocenters. The zero-order chi connectivity index (χ0) is 14.4. The Morgan fingerprint density at radius 3 is 2.65 bits per heavy atom. The van der Waals surface area contributed by atoms with Gasteiger partial charge in [0.2, 0.25) is 0 Å². The highest BCUT2D eigenvalue weighted by molar-refractivity contribution is 5.86. The molecule has 1 aliphatic carbocycles. The first kappa shape index (κ1) is 15.2. The van der Waals surface area contributed by atoms with E-state index in [1.54, 1.807) is 6.33 Å². The lowest BCUT2D eigenvalue weighted by molar-refractivity contribution is -0.128. The Hall–Kier alpha value is -1.23. The molecule has 1 aromatic heterocycles. The van der Waals surface area contributed by atoms with Gasteiger partial charge in [-0.3, -0.25) is 4.79 Å². The molecule has 1 aliphatic rings. The highest BCUT2D eigenvalue weighted by Gasteiger charge is 2.37. The first-order valence-corrected chi connectivity index (χ1v) is 7.82. The molecule has 0 bridgehead atoms. The van der Waals surface area contributed by atoms with E-state index < -0.39 is 0 Å². The maximum absolute atomic E-state index is 12.8. The summed E-state index contributed by atoms with van der Waals surface area (Å²) in [7, 11) is 0. The maximum atomic E-state index is 12.8. The van der Waals surface area contributed by atoms with Crippen LogP contribution < -0.4 is 5.73 Å². The summed E-state index contributed by atoms with van der Waals surface area (Å²) in [6, 6.07) is 0.